The van der Waals surface area contributed by atoms with Crippen molar-refractivity contribution in [1.82, 2.24) is 20.1 Å². The first-order chi connectivity index (χ1) is 31.3. The molecule has 1 amide bonds. The first-order valence-electron chi connectivity index (χ1n) is 23.1. The second kappa shape index (κ2) is 15.8. The minimum Gasteiger partial charge on any atom is -0.496 e. The van der Waals surface area contributed by atoms with Gasteiger partial charge in [-0.1, -0.05) is 68.0 Å². The Morgan fingerprint density at radius 3 is 2.46 bits per heavy atom. The molecule has 5 aliphatic heterocycles. The summed E-state index contributed by atoms with van der Waals surface area (Å²) in [5.74, 6) is -0.361. The minimum absolute atomic E-state index is 0.0261. The minimum atomic E-state index is -1.84. The van der Waals surface area contributed by atoms with Crippen LogP contribution in [0, 0.1) is 11.3 Å². The van der Waals surface area contributed by atoms with E-state index in [1.807, 2.05) is 25.2 Å². The van der Waals surface area contributed by atoms with Gasteiger partial charge in [0, 0.05) is 90.9 Å². The normalized spacial score (nSPS) is 32.0. The molecule has 6 aliphatic rings. The zero-order chi connectivity index (χ0) is 45.6. The average molecular weight is 884 g/mol. The van der Waals surface area contributed by atoms with E-state index in [-0.39, 0.29) is 24.5 Å². The summed E-state index contributed by atoms with van der Waals surface area (Å²) >= 11 is 0. The lowest BCUT2D eigenvalue weighted by Gasteiger charge is -2.64. The van der Waals surface area contributed by atoms with Gasteiger partial charge in [0.05, 0.1) is 39.5 Å². The Balaban J connectivity index is 1.23. The number of fused-ring (bicyclic) bond motifs is 6. The molecular formula is C52H61N5O8. The Morgan fingerprint density at radius 1 is 0.954 bits per heavy atom. The number of nitrogens with one attached hydrogen (secondary N) is 2. The first kappa shape index (κ1) is 43.3. The number of nitrogens with zero attached hydrogens (tertiary/aromatic N) is 3. The van der Waals surface area contributed by atoms with Crippen LogP contribution in [-0.2, 0) is 36.4 Å². The molecule has 0 radical (unpaired) electrons. The molecule has 4 aromatic rings. The number of likely N-dealkylation sites (N-methyl/N-ethyl adjacent to an activating group) is 1. The monoisotopic (exact) mass is 883 g/mol. The Kier molecular flexibility index (Phi) is 10.5. The van der Waals surface area contributed by atoms with Gasteiger partial charge in [-0.3, -0.25) is 24.2 Å². The molecule has 1 aromatic heterocycles. The molecule has 342 valence electrons. The standard InChI is InChI=1S/C52H61N5O8/c1-8-32-23-33-26-51(48(60)64-7,43-36(29-56(27-32)28-33)34-15-10-12-17-39(34)54-43)38-24-37-40(25-42(38)63-6)55(4)46-50(37)20-22-57-21-14-19-49(9-2,45(50)57)47(65-31(3)58)52(46,61)30-53-44(59)35-16-11-13-18-41(35)62-5/h10-19,23-25,33,45-47,54,61H,8-9,20-22,26-30H2,1-7H3,(H,53,59)/t33-,45-,46+,47+,49+,50+,51-,52-/m0/s1. The molecule has 2 bridgehead atoms. The van der Waals surface area contributed by atoms with E-state index in [0.29, 0.717) is 55.0 Å². The summed E-state index contributed by atoms with van der Waals surface area (Å²) in [4.78, 5) is 53.8. The molecule has 13 heteroatoms. The van der Waals surface area contributed by atoms with Gasteiger partial charge in [-0.15, -0.1) is 0 Å². The number of carbonyl (C=O) groups is 3. The molecule has 9 atom stereocenters. The van der Waals surface area contributed by atoms with Crippen molar-refractivity contribution in [2.45, 2.75) is 87.6 Å². The maximum atomic E-state index is 15.4. The van der Waals surface area contributed by atoms with E-state index in [4.69, 9.17) is 18.9 Å². The second-order valence-corrected chi connectivity index (χ2v) is 19.2. The third kappa shape index (κ3) is 6.03. The molecule has 65 heavy (non-hydrogen) atoms. The maximum Gasteiger partial charge on any atom is 0.322 e. The van der Waals surface area contributed by atoms with Crippen LogP contribution in [0.5, 0.6) is 11.5 Å². The molecule has 1 saturated carbocycles. The second-order valence-electron chi connectivity index (χ2n) is 19.2. The Bertz CT molecular complexity index is 2660. The number of aromatic nitrogens is 1. The summed E-state index contributed by atoms with van der Waals surface area (Å²) in [6.07, 6.45) is 8.16. The van der Waals surface area contributed by atoms with Gasteiger partial charge in [0.15, 0.2) is 0 Å². The number of aliphatic hydroxyl groups is 1. The van der Waals surface area contributed by atoms with Gasteiger partial charge in [-0.25, -0.2) is 0 Å². The summed E-state index contributed by atoms with van der Waals surface area (Å²) in [6.45, 7) is 9.16. The van der Waals surface area contributed by atoms with E-state index in [2.05, 4.69) is 75.3 Å². The summed E-state index contributed by atoms with van der Waals surface area (Å²) in [7, 11) is 6.62. The van der Waals surface area contributed by atoms with Crippen molar-refractivity contribution >= 4 is 34.4 Å². The van der Waals surface area contributed by atoms with Crippen LogP contribution in [-0.4, -0.2) is 123 Å². The average Bonchev–Trinajstić information content (AvgIpc) is 3.97. The number of amides is 1. The van der Waals surface area contributed by atoms with Crippen molar-refractivity contribution in [3.8, 4) is 11.5 Å². The first-order valence-corrected chi connectivity index (χ1v) is 23.1. The lowest BCUT2D eigenvalue weighted by molar-refractivity contribution is -0.216. The molecule has 1 unspecified atom stereocenters. The van der Waals surface area contributed by atoms with E-state index in [1.165, 1.54) is 26.7 Å². The van der Waals surface area contributed by atoms with Crippen LogP contribution in [0.4, 0.5) is 5.69 Å². The van der Waals surface area contributed by atoms with Gasteiger partial charge >= 0.3 is 11.9 Å². The van der Waals surface area contributed by atoms with Gasteiger partial charge in [0.1, 0.15) is 28.6 Å². The third-order valence-electron chi connectivity index (χ3n) is 16.2. The van der Waals surface area contributed by atoms with Crippen LogP contribution in [0.2, 0.25) is 0 Å². The van der Waals surface area contributed by atoms with Gasteiger partial charge < -0.3 is 39.3 Å². The molecule has 10 rings (SSSR count). The molecule has 13 nitrogen and oxygen atoms in total. The topological polar surface area (TPSA) is 146 Å². The highest BCUT2D eigenvalue weighted by Gasteiger charge is 2.78. The predicted octanol–water partition coefficient (Wildman–Crippen LogP) is 6.02. The van der Waals surface area contributed by atoms with Crippen LogP contribution in [0.15, 0.2) is 84.5 Å². The zero-order valence-electron chi connectivity index (χ0n) is 38.5. The van der Waals surface area contributed by atoms with Crippen molar-refractivity contribution < 1.29 is 38.4 Å². The highest BCUT2D eigenvalue weighted by molar-refractivity contribution is 5.97. The van der Waals surface area contributed by atoms with E-state index in [1.54, 1.807) is 31.4 Å². The van der Waals surface area contributed by atoms with E-state index in [0.717, 1.165) is 59.5 Å². The van der Waals surface area contributed by atoms with Gasteiger partial charge in [-0.05, 0) is 73.5 Å². The zero-order valence-corrected chi connectivity index (χ0v) is 38.5. The molecular weight excluding hydrogens is 823 g/mol. The fourth-order valence-electron chi connectivity index (χ4n) is 14.0. The molecule has 3 N–H and O–H groups in total. The third-order valence-corrected chi connectivity index (χ3v) is 16.2. The lowest BCUT2D eigenvalue weighted by atomic mass is 9.47. The Hall–Kier alpha value is -5.63. The quantitative estimate of drug-likeness (QED) is 0.127. The molecule has 1 spiro atoms. The van der Waals surface area contributed by atoms with Gasteiger partial charge in [0.2, 0.25) is 0 Å². The molecule has 3 aromatic carbocycles. The molecule has 1 saturated heterocycles. The fraction of sp³-hybridized carbons (Fsp3) is 0.481. The van der Waals surface area contributed by atoms with Gasteiger partial charge in [0.25, 0.3) is 5.91 Å². The van der Waals surface area contributed by atoms with Crippen molar-refractivity contribution in [1.29, 1.82) is 0 Å². The number of aromatic amines is 1. The highest BCUT2D eigenvalue weighted by Crippen LogP contribution is 2.68. The summed E-state index contributed by atoms with van der Waals surface area (Å²) in [5.41, 5.74) is 2.18. The van der Waals surface area contributed by atoms with Crippen molar-refractivity contribution in [3.63, 3.8) is 0 Å². The largest absolute Gasteiger partial charge is 0.496 e. The summed E-state index contributed by atoms with van der Waals surface area (Å²) < 4.78 is 24.4. The van der Waals surface area contributed by atoms with Crippen LogP contribution in [0.1, 0.15) is 79.2 Å². The maximum absolute atomic E-state index is 15.4. The van der Waals surface area contributed by atoms with Crippen molar-refractivity contribution in [3.05, 3.63) is 112 Å². The van der Waals surface area contributed by atoms with E-state index < -0.39 is 45.9 Å². The number of hydrogen-bond donors (Lipinski definition) is 3. The number of rotatable bonds is 10. The highest BCUT2D eigenvalue weighted by atomic mass is 16.6. The molecule has 1 aliphatic carbocycles. The summed E-state index contributed by atoms with van der Waals surface area (Å²) in [5, 5.41) is 18.1. The molecule has 6 heterocycles. The fourth-order valence-corrected chi connectivity index (χ4v) is 14.0. The number of H-pyrrole nitrogens is 1. The van der Waals surface area contributed by atoms with Crippen LogP contribution < -0.4 is 19.7 Å². The Labute approximate surface area is 380 Å². The van der Waals surface area contributed by atoms with Crippen LogP contribution in [0.3, 0.4) is 0 Å². The van der Waals surface area contributed by atoms with Crippen molar-refractivity contribution in [2.75, 3.05) is 66.0 Å². The number of para-hydroxylation sites is 2. The van der Waals surface area contributed by atoms with Crippen LogP contribution in [0.25, 0.3) is 10.9 Å². The number of hydrogen-bond acceptors (Lipinski definition) is 11. The molecule has 2 fully saturated rings. The van der Waals surface area contributed by atoms with Crippen molar-refractivity contribution in [2.24, 2.45) is 11.3 Å². The van der Waals surface area contributed by atoms with E-state index >= 15 is 4.79 Å². The number of carbonyl (C=O) groups excluding carboxylic acids is 3. The predicted molar refractivity (Wildman–Crippen MR) is 247 cm³/mol. The Morgan fingerprint density at radius 2 is 1.72 bits per heavy atom. The van der Waals surface area contributed by atoms with E-state index in [9.17, 15) is 14.7 Å². The smallest absolute Gasteiger partial charge is 0.322 e. The number of anilines is 1. The summed E-state index contributed by atoms with van der Waals surface area (Å²) in [6, 6.07) is 18.6. The number of ether oxygens (including phenoxy) is 4. The SMILES string of the molecule is CCC1=C[C@@H]2CN(C1)Cc1c([nH]c3ccccc13)[C@@](C(=O)OC)(c1cc3c(cc1OC)N(C)[C@H]1[C@@](O)(CNC(=O)c4ccccc4OC)[C@H](OC(C)=O)[C@]4(CC)C=CCN5CC[C@]31[C@@H]54)C2. The van der Waals surface area contributed by atoms with Crippen LogP contribution >= 0.6 is 0 Å². The van der Waals surface area contributed by atoms with Gasteiger partial charge in [-0.2, -0.15) is 0 Å². The number of esters is 2. The number of methoxy groups -OCH3 is 3. The lowest BCUT2D eigenvalue weighted by Crippen LogP contribution is -2.81. The number of benzene rings is 3.